The van der Waals surface area contributed by atoms with Crippen molar-refractivity contribution in [1.29, 1.82) is 0 Å². The van der Waals surface area contributed by atoms with Gasteiger partial charge in [0.15, 0.2) is 0 Å². The molecular weight excluding hydrogens is 256 g/mol. The van der Waals surface area contributed by atoms with Gasteiger partial charge < -0.3 is 5.32 Å². The number of hydrogen-bond donors (Lipinski definition) is 1. The Balaban J connectivity index is 1.44. The van der Waals surface area contributed by atoms with E-state index < -0.39 is 0 Å². The average Bonchev–Trinajstić information content (AvgIpc) is 3.16. The summed E-state index contributed by atoms with van der Waals surface area (Å²) < 4.78 is 0. The monoisotopic (exact) mass is 286 g/mol. The maximum atomic E-state index is 3.89. The molecule has 0 bridgehead atoms. The Morgan fingerprint density at radius 2 is 1.95 bits per heavy atom. The lowest BCUT2D eigenvalue weighted by Gasteiger charge is -2.29. The molecule has 0 radical (unpaired) electrons. The van der Waals surface area contributed by atoms with E-state index in [4.69, 9.17) is 0 Å². The molecule has 1 unspecified atom stereocenters. The molecule has 0 spiro atoms. The molecule has 1 aliphatic heterocycles. The van der Waals surface area contributed by atoms with E-state index in [1.54, 1.807) is 0 Å². The fraction of sp³-hybridized carbons (Fsp3) is 0.684. The normalized spacial score (nSPS) is 25.5. The van der Waals surface area contributed by atoms with Crippen LogP contribution < -0.4 is 5.32 Å². The van der Waals surface area contributed by atoms with E-state index in [0.717, 1.165) is 6.54 Å². The third-order valence-electron chi connectivity index (χ3n) is 5.70. The van der Waals surface area contributed by atoms with Gasteiger partial charge in [0.2, 0.25) is 0 Å². The summed E-state index contributed by atoms with van der Waals surface area (Å²) in [5.41, 5.74) is 2.06. The molecule has 2 heteroatoms. The lowest BCUT2D eigenvalue weighted by molar-refractivity contribution is 0.251. The molecule has 3 rings (SSSR count). The molecule has 1 atom stereocenters. The van der Waals surface area contributed by atoms with Crippen LogP contribution in [0.5, 0.6) is 0 Å². The molecule has 1 N–H and O–H groups in total. The second-order valence-corrected chi connectivity index (χ2v) is 7.15. The average molecular weight is 286 g/mol. The van der Waals surface area contributed by atoms with Gasteiger partial charge in [-0.15, -0.1) is 0 Å². The summed E-state index contributed by atoms with van der Waals surface area (Å²) in [7, 11) is 0. The summed E-state index contributed by atoms with van der Waals surface area (Å²) in [5, 5.41) is 3.89. The van der Waals surface area contributed by atoms with Crippen LogP contribution in [-0.4, -0.2) is 30.6 Å². The minimum absolute atomic E-state index is 0.618. The number of nitrogens with zero attached hydrogens (tertiary/aromatic N) is 1. The fourth-order valence-corrected chi connectivity index (χ4v) is 4.13. The van der Waals surface area contributed by atoms with Gasteiger partial charge in [-0.1, -0.05) is 50.1 Å². The van der Waals surface area contributed by atoms with E-state index in [1.165, 1.54) is 63.7 Å². The first-order chi connectivity index (χ1) is 10.3. The highest BCUT2D eigenvalue weighted by molar-refractivity contribution is 5.14. The van der Waals surface area contributed by atoms with Crippen molar-refractivity contribution in [2.45, 2.75) is 58.0 Å². The van der Waals surface area contributed by atoms with Crippen LogP contribution in [0.2, 0.25) is 0 Å². The molecule has 2 fully saturated rings. The Labute approximate surface area is 129 Å². The minimum Gasteiger partial charge on any atom is -0.312 e. The first-order valence-corrected chi connectivity index (χ1v) is 8.79. The zero-order valence-electron chi connectivity index (χ0n) is 13.5. The van der Waals surface area contributed by atoms with Gasteiger partial charge in [0.1, 0.15) is 0 Å². The van der Waals surface area contributed by atoms with Gasteiger partial charge in [-0.25, -0.2) is 0 Å². The molecule has 21 heavy (non-hydrogen) atoms. The standard InChI is InChI=1S/C19H30N2/c1-2-19(11-6-7-12-19)16-20-18-10-13-21(15-18)14-17-8-4-3-5-9-17/h3-5,8-9,18,20H,2,6-7,10-16H2,1H3. The van der Waals surface area contributed by atoms with E-state index in [-0.39, 0.29) is 0 Å². The van der Waals surface area contributed by atoms with Gasteiger partial charge in [-0.05, 0) is 36.7 Å². The van der Waals surface area contributed by atoms with Gasteiger partial charge in [0.25, 0.3) is 0 Å². The van der Waals surface area contributed by atoms with Gasteiger partial charge in [-0.2, -0.15) is 0 Å². The number of nitrogens with one attached hydrogen (secondary N) is 1. The maximum Gasteiger partial charge on any atom is 0.0234 e. The summed E-state index contributed by atoms with van der Waals surface area (Å²) in [4.78, 5) is 2.60. The van der Waals surface area contributed by atoms with Gasteiger partial charge in [-0.3, -0.25) is 4.90 Å². The molecule has 116 valence electrons. The third-order valence-corrected chi connectivity index (χ3v) is 5.70. The van der Waals surface area contributed by atoms with E-state index in [0.29, 0.717) is 11.5 Å². The molecule has 1 aromatic rings. The molecule has 0 aromatic heterocycles. The van der Waals surface area contributed by atoms with Crippen molar-refractivity contribution >= 4 is 0 Å². The smallest absolute Gasteiger partial charge is 0.0234 e. The van der Waals surface area contributed by atoms with Gasteiger partial charge >= 0.3 is 0 Å². The molecule has 1 saturated heterocycles. The Bertz CT molecular complexity index is 422. The van der Waals surface area contributed by atoms with Crippen LogP contribution >= 0.6 is 0 Å². The van der Waals surface area contributed by atoms with Crippen molar-refractivity contribution in [1.82, 2.24) is 10.2 Å². The lowest BCUT2D eigenvalue weighted by Crippen LogP contribution is -2.39. The molecule has 2 aliphatic rings. The fourth-order valence-electron chi connectivity index (χ4n) is 4.13. The Morgan fingerprint density at radius 3 is 2.67 bits per heavy atom. The zero-order chi connectivity index (χ0) is 14.5. The second-order valence-electron chi connectivity index (χ2n) is 7.15. The van der Waals surface area contributed by atoms with E-state index in [1.807, 2.05) is 0 Å². The molecular formula is C19H30N2. The van der Waals surface area contributed by atoms with Crippen molar-refractivity contribution in [3.63, 3.8) is 0 Å². The van der Waals surface area contributed by atoms with Crippen LogP contribution in [0.3, 0.4) is 0 Å². The summed E-state index contributed by atoms with van der Waals surface area (Å²) in [6, 6.07) is 11.6. The van der Waals surface area contributed by atoms with Crippen molar-refractivity contribution in [3.8, 4) is 0 Å². The lowest BCUT2D eigenvalue weighted by atomic mass is 9.83. The summed E-state index contributed by atoms with van der Waals surface area (Å²) >= 11 is 0. The first-order valence-electron chi connectivity index (χ1n) is 8.79. The van der Waals surface area contributed by atoms with Crippen LogP contribution in [0.4, 0.5) is 0 Å². The van der Waals surface area contributed by atoms with Crippen LogP contribution in [0.1, 0.15) is 51.0 Å². The van der Waals surface area contributed by atoms with Gasteiger partial charge in [0.05, 0.1) is 0 Å². The zero-order valence-corrected chi connectivity index (χ0v) is 13.5. The molecule has 1 aliphatic carbocycles. The highest BCUT2D eigenvalue weighted by Crippen LogP contribution is 2.40. The molecule has 0 amide bonds. The molecule has 1 heterocycles. The highest BCUT2D eigenvalue weighted by atomic mass is 15.2. The summed E-state index contributed by atoms with van der Waals surface area (Å²) in [6.45, 7) is 7.19. The Morgan fingerprint density at radius 1 is 1.19 bits per heavy atom. The molecule has 1 aromatic carbocycles. The largest absolute Gasteiger partial charge is 0.312 e. The van der Waals surface area contributed by atoms with Crippen LogP contribution in [0.15, 0.2) is 30.3 Å². The van der Waals surface area contributed by atoms with Crippen LogP contribution in [-0.2, 0) is 6.54 Å². The summed E-state index contributed by atoms with van der Waals surface area (Å²) in [6.07, 6.45) is 8.43. The number of likely N-dealkylation sites (tertiary alicyclic amines) is 1. The van der Waals surface area contributed by atoms with Crippen LogP contribution in [0.25, 0.3) is 0 Å². The summed E-state index contributed by atoms with van der Waals surface area (Å²) in [5.74, 6) is 0. The number of rotatable bonds is 6. The second kappa shape index (κ2) is 6.93. The van der Waals surface area contributed by atoms with Crippen molar-refractivity contribution in [3.05, 3.63) is 35.9 Å². The van der Waals surface area contributed by atoms with Crippen molar-refractivity contribution in [2.24, 2.45) is 5.41 Å². The number of hydrogen-bond acceptors (Lipinski definition) is 2. The SMILES string of the molecule is CCC1(CNC2CCN(Cc3ccccc3)C2)CCCC1. The van der Waals surface area contributed by atoms with Crippen molar-refractivity contribution in [2.75, 3.05) is 19.6 Å². The topological polar surface area (TPSA) is 15.3 Å². The van der Waals surface area contributed by atoms with E-state index in [9.17, 15) is 0 Å². The Kier molecular flexibility index (Phi) is 4.97. The van der Waals surface area contributed by atoms with E-state index >= 15 is 0 Å². The quantitative estimate of drug-likeness (QED) is 0.855. The minimum atomic E-state index is 0.618. The first kappa shape index (κ1) is 15.1. The highest BCUT2D eigenvalue weighted by Gasteiger charge is 2.33. The Hall–Kier alpha value is -0.860. The third kappa shape index (κ3) is 3.87. The number of benzene rings is 1. The predicted octanol–water partition coefficient (Wildman–Crippen LogP) is 3.82. The molecule has 2 nitrogen and oxygen atoms in total. The predicted molar refractivity (Wildman–Crippen MR) is 89.3 cm³/mol. The van der Waals surface area contributed by atoms with E-state index in [2.05, 4.69) is 47.5 Å². The van der Waals surface area contributed by atoms with Crippen molar-refractivity contribution < 1.29 is 0 Å². The molecule has 1 saturated carbocycles. The maximum absolute atomic E-state index is 3.89. The van der Waals surface area contributed by atoms with Crippen LogP contribution in [0, 0.1) is 5.41 Å². The van der Waals surface area contributed by atoms with Gasteiger partial charge in [0, 0.05) is 32.2 Å².